The molecule has 0 radical (unpaired) electrons. The van der Waals surface area contributed by atoms with Gasteiger partial charge in [0.2, 0.25) is 5.91 Å². The lowest BCUT2D eigenvalue weighted by Gasteiger charge is -2.24. The van der Waals surface area contributed by atoms with Crippen LogP contribution < -0.4 is 0 Å². The lowest BCUT2D eigenvalue weighted by atomic mass is 10.2. The van der Waals surface area contributed by atoms with Crippen molar-refractivity contribution in [2.75, 3.05) is 18.8 Å². The molecule has 0 bridgehead atoms. The van der Waals surface area contributed by atoms with Crippen LogP contribution in [0.2, 0.25) is 0 Å². The topological polar surface area (TPSA) is 74.8 Å². The summed E-state index contributed by atoms with van der Waals surface area (Å²) >= 11 is 1.97. The van der Waals surface area contributed by atoms with Crippen LogP contribution in [0.1, 0.15) is 38.4 Å². The van der Waals surface area contributed by atoms with Gasteiger partial charge in [-0.15, -0.1) is 10.2 Å². The van der Waals surface area contributed by atoms with E-state index in [0.29, 0.717) is 23.9 Å². The third-order valence-corrected chi connectivity index (χ3v) is 4.52. The zero-order valence-corrected chi connectivity index (χ0v) is 12.2. The third kappa shape index (κ3) is 4.49. The van der Waals surface area contributed by atoms with E-state index in [1.54, 1.807) is 0 Å². The summed E-state index contributed by atoms with van der Waals surface area (Å²) in [5.74, 6) is 1.95. The van der Waals surface area contributed by atoms with E-state index in [1.807, 2.05) is 16.7 Å². The van der Waals surface area contributed by atoms with E-state index in [2.05, 4.69) is 27.5 Å². The molecule has 0 spiro atoms. The second kappa shape index (κ2) is 7.47. The maximum absolute atomic E-state index is 12.2. The van der Waals surface area contributed by atoms with Gasteiger partial charge in [0.1, 0.15) is 0 Å². The van der Waals surface area contributed by atoms with Gasteiger partial charge in [-0.25, -0.2) is 0 Å². The fourth-order valence-corrected chi connectivity index (χ4v) is 3.46. The molecule has 1 aliphatic rings. The van der Waals surface area contributed by atoms with Gasteiger partial charge in [0.15, 0.2) is 5.82 Å². The number of nitrogens with one attached hydrogen (secondary N) is 1. The molecule has 2 rings (SSSR count). The van der Waals surface area contributed by atoms with E-state index in [1.165, 1.54) is 12.8 Å². The summed E-state index contributed by atoms with van der Waals surface area (Å²) in [4.78, 5) is 14.2. The number of aromatic amines is 1. The molecular weight excluding hydrogens is 262 g/mol. The smallest absolute Gasteiger partial charge is 0.223 e. The van der Waals surface area contributed by atoms with Crippen LogP contribution in [-0.2, 0) is 11.2 Å². The molecular formula is C12H21N5OS. The van der Waals surface area contributed by atoms with Crippen LogP contribution in [0, 0.1) is 0 Å². The third-order valence-electron chi connectivity index (χ3n) is 3.33. The standard InChI is InChI=1S/C12H21N5OS/c1-2-19-10-5-3-4-8-17(9-10)12(18)7-6-11-13-15-16-14-11/h10H,2-9H2,1H3,(H,13,14,15,16). The summed E-state index contributed by atoms with van der Waals surface area (Å²) in [5, 5.41) is 14.3. The number of hydrogen-bond acceptors (Lipinski definition) is 5. The molecule has 1 aromatic rings. The molecule has 0 saturated carbocycles. The van der Waals surface area contributed by atoms with Crippen LogP contribution in [0.25, 0.3) is 0 Å². The largest absolute Gasteiger partial charge is 0.342 e. The summed E-state index contributed by atoms with van der Waals surface area (Å²) in [7, 11) is 0. The van der Waals surface area contributed by atoms with Crippen molar-refractivity contribution < 1.29 is 4.79 Å². The minimum absolute atomic E-state index is 0.216. The molecule has 2 heterocycles. The predicted octanol–water partition coefficient (Wildman–Crippen LogP) is 1.27. The van der Waals surface area contributed by atoms with Crippen molar-refractivity contribution in [1.29, 1.82) is 0 Å². The Hall–Kier alpha value is -1.11. The highest BCUT2D eigenvalue weighted by atomic mass is 32.2. The van der Waals surface area contributed by atoms with E-state index in [9.17, 15) is 4.79 Å². The van der Waals surface area contributed by atoms with Gasteiger partial charge in [-0.2, -0.15) is 17.0 Å². The molecule has 19 heavy (non-hydrogen) atoms. The van der Waals surface area contributed by atoms with Crippen molar-refractivity contribution in [1.82, 2.24) is 25.5 Å². The quantitative estimate of drug-likeness (QED) is 0.880. The Labute approximate surface area is 117 Å². The number of aromatic nitrogens is 4. The van der Waals surface area contributed by atoms with Crippen LogP contribution in [-0.4, -0.2) is 55.5 Å². The zero-order chi connectivity index (χ0) is 13.5. The number of tetrazole rings is 1. The normalized spacial score (nSPS) is 20.3. The molecule has 106 valence electrons. The number of nitrogens with zero attached hydrogens (tertiary/aromatic N) is 4. The summed E-state index contributed by atoms with van der Waals surface area (Å²) in [6, 6.07) is 0. The first-order valence-electron chi connectivity index (χ1n) is 6.91. The molecule has 1 unspecified atom stereocenters. The number of amides is 1. The number of rotatable bonds is 5. The second-order valence-corrected chi connectivity index (χ2v) is 6.32. The first-order valence-corrected chi connectivity index (χ1v) is 7.96. The SMILES string of the molecule is CCSC1CCCCN(C(=O)CCc2nn[nH]n2)C1. The van der Waals surface area contributed by atoms with Crippen molar-refractivity contribution in [3.8, 4) is 0 Å². The van der Waals surface area contributed by atoms with Crippen LogP contribution in [0.4, 0.5) is 0 Å². The summed E-state index contributed by atoms with van der Waals surface area (Å²) < 4.78 is 0. The highest BCUT2D eigenvalue weighted by molar-refractivity contribution is 7.99. The molecule has 6 nitrogen and oxygen atoms in total. The monoisotopic (exact) mass is 283 g/mol. The fourth-order valence-electron chi connectivity index (χ4n) is 2.37. The van der Waals surface area contributed by atoms with Gasteiger partial charge in [-0.3, -0.25) is 4.79 Å². The molecule has 1 N–H and O–H groups in total. The molecule has 0 aliphatic carbocycles. The van der Waals surface area contributed by atoms with Crippen LogP contribution in [0.5, 0.6) is 0 Å². The van der Waals surface area contributed by atoms with E-state index >= 15 is 0 Å². The van der Waals surface area contributed by atoms with E-state index in [4.69, 9.17) is 0 Å². The fraction of sp³-hybridized carbons (Fsp3) is 0.833. The predicted molar refractivity (Wildman–Crippen MR) is 74.8 cm³/mol. The minimum atomic E-state index is 0.216. The zero-order valence-electron chi connectivity index (χ0n) is 11.3. The Kier molecular flexibility index (Phi) is 5.62. The molecule has 1 atom stereocenters. The average Bonchev–Trinajstić information content (AvgIpc) is 2.82. The maximum Gasteiger partial charge on any atom is 0.223 e. The molecule has 1 amide bonds. The van der Waals surface area contributed by atoms with Gasteiger partial charge < -0.3 is 4.90 Å². The molecule has 1 aromatic heterocycles. The number of likely N-dealkylation sites (tertiary alicyclic amines) is 1. The number of thioether (sulfide) groups is 1. The first kappa shape index (κ1) is 14.3. The molecule has 0 aromatic carbocycles. The van der Waals surface area contributed by atoms with Crippen LogP contribution >= 0.6 is 11.8 Å². The van der Waals surface area contributed by atoms with Gasteiger partial charge in [-0.1, -0.05) is 18.6 Å². The van der Waals surface area contributed by atoms with Crippen LogP contribution in [0.15, 0.2) is 0 Å². The first-order chi connectivity index (χ1) is 9.29. The van der Waals surface area contributed by atoms with Crippen molar-refractivity contribution in [2.45, 2.75) is 44.3 Å². The molecule has 7 heteroatoms. The Bertz CT molecular complexity index is 383. The number of carbonyl (C=O) groups is 1. The maximum atomic E-state index is 12.2. The number of H-pyrrole nitrogens is 1. The molecule has 1 fully saturated rings. The highest BCUT2D eigenvalue weighted by Crippen LogP contribution is 2.22. The van der Waals surface area contributed by atoms with E-state index in [-0.39, 0.29) is 5.91 Å². The summed E-state index contributed by atoms with van der Waals surface area (Å²) in [6.45, 7) is 3.97. The van der Waals surface area contributed by atoms with E-state index < -0.39 is 0 Å². The van der Waals surface area contributed by atoms with Gasteiger partial charge in [0.05, 0.1) is 0 Å². The Morgan fingerprint density at radius 2 is 2.42 bits per heavy atom. The van der Waals surface area contributed by atoms with E-state index in [0.717, 1.165) is 25.3 Å². The molecule has 1 saturated heterocycles. The van der Waals surface area contributed by atoms with Crippen LogP contribution in [0.3, 0.4) is 0 Å². The van der Waals surface area contributed by atoms with Gasteiger partial charge in [-0.05, 0) is 18.6 Å². The number of aryl methyl sites for hydroxylation is 1. The van der Waals surface area contributed by atoms with Gasteiger partial charge in [0.25, 0.3) is 0 Å². The lowest BCUT2D eigenvalue weighted by molar-refractivity contribution is -0.131. The Morgan fingerprint density at radius 3 is 3.16 bits per heavy atom. The number of hydrogen-bond donors (Lipinski definition) is 1. The summed E-state index contributed by atoms with van der Waals surface area (Å²) in [6.07, 6.45) is 4.62. The van der Waals surface area contributed by atoms with Gasteiger partial charge in [0, 0.05) is 31.2 Å². The van der Waals surface area contributed by atoms with Gasteiger partial charge >= 0.3 is 0 Å². The second-order valence-electron chi connectivity index (χ2n) is 4.74. The highest BCUT2D eigenvalue weighted by Gasteiger charge is 2.21. The number of carbonyl (C=O) groups excluding carboxylic acids is 1. The molecule has 1 aliphatic heterocycles. The average molecular weight is 283 g/mol. The Balaban J connectivity index is 1.82. The van der Waals surface area contributed by atoms with Crippen molar-refractivity contribution in [3.05, 3.63) is 5.82 Å². The van der Waals surface area contributed by atoms with Crippen molar-refractivity contribution in [2.24, 2.45) is 0 Å². The minimum Gasteiger partial charge on any atom is -0.342 e. The van der Waals surface area contributed by atoms with Crippen molar-refractivity contribution in [3.63, 3.8) is 0 Å². The summed E-state index contributed by atoms with van der Waals surface area (Å²) in [5.41, 5.74) is 0. The van der Waals surface area contributed by atoms with Crippen molar-refractivity contribution >= 4 is 17.7 Å². The lowest BCUT2D eigenvalue weighted by Crippen LogP contribution is -2.35. The Morgan fingerprint density at radius 1 is 1.53 bits per heavy atom.